The molecule has 0 aromatic heterocycles. The third-order valence-electron chi connectivity index (χ3n) is 7.13. The fraction of sp³-hybridized carbons (Fsp3) is 0.257. The zero-order valence-corrected chi connectivity index (χ0v) is 28.3. The molecule has 0 unspecified atom stereocenters. The number of hydrogen-bond acceptors (Lipinski definition) is 4. The minimum Gasteiger partial charge on any atom is -0.350 e. The number of nitrogens with one attached hydrogen (secondary N) is 1. The molecule has 0 aliphatic heterocycles. The SMILES string of the molecule is Cc1ccc(S(=O)(=O)N(CC(=O)N(Cc2ccc(Cl)cc2Cl)[C@H](Cc2ccccc2)C(=O)NC(C)(C)C)c2ccccc2F)cc1. The zero-order valence-electron chi connectivity index (χ0n) is 26.0. The summed E-state index contributed by atoms with van der Waals surface area (Å²) in [5.74, 6) is -2.02. The molecule has 0 fully saturated rings. The van der Waals surface area contributed by atoms with E-state index in [2.05, 4.69) is 5.32 Å². The Morgan fingerprint density at radius 2 is 1.52 bits per heavy atom. The number of benzene rings is 4. The van der Waals surface area contributed by atoms with Crippen LogP contribution in [0, 0.1) is 12.7 Å². The number of nitrogens with zero attached hydrogens (tertiary/aromatic N) is 2. The molecule has 11 heteroatoms. The highest BCUT2D eigenvalue weighted by Gasteiger charge is 2.36. The lowest BCUT2D eigenvalue weighted by Crippen LogP contribution is -2.56. The predicted octanol–water partition coefficient (Wildman–Crippen LogP) is 7.19. The largest absolute Gasteiger partial charge is 0.350 e. The Hall–Kier alpha value is -3.92. The molecule has 0 bridgehead atoms. The van der Waals surface area contributed by atoms with Crippen molar-refractivity contribution in [3.05, 3.63) is 130 Å². The molecule has 1 N–H and O–H groups in total. The van der Waals surface area contributed by atoms with Gasteiger partial charge in [-0.15, -0.1) is 0 Å². The molecule has 2 amide bonds. The molecule has 0 heterocycles. The number of sulfonamides is 1. The highest BCUT2D eigenvalue weighted by atomic mass is 35.5. The van der Waals surface area contributed by atoms with Gasteiger partial charge in [0.1, 0.15) is 18.4 Å². The highest BCUT2D eigenvalue weighted by Crippen LogP contribution is 2.29. The molecular weight excluding hydrogens is 648 g/mol. The minimum atomic E-state index is -4.44. The second-order valence-corrected chi connectivity index (χ2v) is 14.7. The number of halogens is 3. The standard InChI is InChI=1S/C35H36Cl2FN3O4S/c1-24-14-18-28(19-15-24)46(44,45)41(31-13-9-8-12-30(31)38)23-33(42)40(22-26-16-17-27(36)21-29(26)37)32(34(43)39-35(2,3)4)20-25-10-6-5-7-11-25/h5-19,21,32H,20,22-23H2,1-4H3,(H,39,43)/t32-/m1/s1. The Kier molecular flexibility index (Phi) is 11.1. The van der Waals surface area contributed by atoms with Gasteiger partial charge in [-0.3, -0.25) is 13.9 Å². The second-order valence-electron chi connectivity index (χ2n) is 12.0. The molecule has 0 aliphatic rings. The third-order valence-corrected chi connectivity index (χ3v) is 9.49. The Morgan fingerprint density at radius 3 is 2.13 bits per heavy atom. The molecule has 0 saturated carbocycles. The molecule has 0 aliphatic carbocycles. The van der Waals surface area contributed by atoms with Crippen molar-refractivity contribution < 1.29 is 22.4 Å². The van der Waals surface area contributed by atoms with Crippen molar-refractivity contribution in [1.82, 2.24) is 10.2 Å². The van der Waals surface area contributed by atoms with E-state index in [-0.39, 0.29) is 28.6 Å². The van der Waals surface area contributed by atoms with Crippen molar-refractivity contribution in [1.29, 1.82) is 0 Å². The van der Waals surface area contributed by atoms with E-state index in [1.807, 2.05) is 58.0 Å². The van der Waals surface area contributed by atoms with Gasteiger partial charge < -0.3 is 10.2 Å². The fourth-order valence-corrected chi connectivity index (χ4v) is 6.74. The molecular formula is C35H36Cl2FN3O4S. The van der Waals surface area contributed by atoms with Gasteiger partial charge in [0.2, 0.25) is 11.8 Å². The summed E-state index contributed by atoms with van der Waals surface area (Å²) >= 11 is 12.7. The fourth-order valence-electron chi connectivity index (χ4n) is 4.85. The van der Waals surface area contributed by atoms with Crippen molar-refractivity contribution in [3.8, 4) is 0 Å². The van der Waals surface area contributed by atoms with Crippen molar-refractivity contribution >= 4 is 50.7 Å². The van der Waals surface area contributed by atoms with E-state index in [4.69, 9.17) is 23.2 Å². The van der Waals surface area contributed by atoms with Crippen LogP contribution in [-0.4, -0.2) is 43.3 Å². The Balaban J connectivity index is 1.85. The van der Waals surface area contributed by atoms with Crippen molar-refractivity contribution in [3.63, 3.8) is 0 Å². The molecule has 0 spiro atoms. The smallest absolute Gasteiger partial charge is 0.264 e. The number of carbonyl (C=O) groups is 2. The number of carbonyl (C=O) groups excluding carboxylic acids is 2. The zero-order chi connectivity index (χ0) is 33.6. The van der Waals surface area contributed by atoms with E-state index in [1.54, 1.807) is 24.3 Å². The van der Waals surface area contributed by atoms with Gasteiger partial charge in [-0.2, -0.15) is 0 Å². The lowest BCUT2D eigenvalue weighted by atomic mass is 10.0. The topological polar surface area (TPSA) is 86.8 Å². The van der Waals surface area contributed by atoms with Crippen LogP contribution in [0.1, 0.15) is 37.5 Å². The maximum atomic E-state index is 15.3. The second kappa shape index (κ2) is 14.7. The Labute approximate surface area is 280 Å². The van der Waals surface area contributed by atoms with Gasteiger partial charge in [0.05, 0.1) is 10.6 Å². The van der Waals surface area contributed by atoms with Crippen LogP contribution in [0.15, 0.2) is 102 Å². The maximum absolute atomic E-state index is 15.3. The molecule has 4 aromatic carbocycles. The molecule has 46 heavy (non-hydrogen) atoms. The quantitative estimate of drug-likeness (QED) is 0.181. The van der Waals surface area contributed by atoms with Crippen LogP contribution < -0.4 is 9.62 Å². The summed E-state index contributed by atoms with van der Waals surface area (Å²) < 4.78 is 44.1. The number of para-hydroxylation sites is 1. The van der Waals surface area contributed by atoms with Crippen LogP contribution in [0.4, 0.5) is 10.1 Å². The molecule has 0 radical (unpaired) electrons. The van der Waals surface area contributed by atoms with Crippen LogP contribution in [-0.2, 0) is 32.6 Å². The molecule has 4 rings (SSSR count). The first-order valence-corrected chi connectivity index (χ1v) is 16.8. The summed E-state index contributed by atoms with van der Waals surface area (Å²) in [6, 6.07) is 24.2. The van der Waals surface area contributed by atoms with E-state index >= 15 is 4.39 Å². The van der Waals surface area contributed by atoms with Crippen LogP contribution in [0.5, 0.6) is 0 Å². The molecule has 7 nitrogen and oxygen atoms in total. The number of rotatable bonds is 11. The summed E-state index contributed by atoms with van der Waals surface area (Å²) in [5.41, 5.74) is 1.13. The van der Waals surface area contributed by atoms with Crippen molar-refractivity contribution in [2.45, 2.75) is 57.1 Å². The van der Waals surface area contributed by atoms with Crippen molar-refractivity contribution in [2.24, 2.45) is 0 Å². The summed E-state index contributed by atoms with van der Waals surface area (Å²) in [5, 5.41) is 3.61. The first-order valence-electron chi connectivity index (χ1n) is 14.6. The molecule has 0 saturated heterocycles. The van der Waals surface area contributed by atoms with E-state index < -0.39 is 45.8 Å². The normalized spacial score (nSPS) is 12.3. The van der Waals surface area contributed by atoms with Gasteiger partial charge in [0.25, 0.3) is 10.0 Å². The summed E-state index contributed by atoms with van der Waals surface area (Å²) in [6.07, 6.45) is 0.115. The minimum absolute atomic E-state index is 0.115. The van der Waals surface area contributed by atoms with Gasteiger partial charge in [-0.1, -0.05) is 89.4 Å². The van der Waals surface area contributed by atoms with E-state index in [9.17, 15) is 18.0 Å². The first-order chi connectivity index (χ1) is 21.7. The summed E-state index contributed by atoms with van der Waals surface area (Å²) in [7, 11) is -4.44. The first kappa shape index (κ1) is 34.9. The van der Waals surface area contributed by atoms with E-state index in [0.717, 1.165) is 21.5 Å². The van der Waals surface area contributed by atoms with Crippen molar-refractivity contribution in [2.75, 3.05) is 10.8 Å². The lowest BCUT2D eigenvalue weighted by molar-refractivity contribution is -0.140. The average molecular weight is 685 g/mol. The lowest BCUT2D eigenvalue weighted by Gasteiger charge is -2.35. The predicted molar refractivity (Wildman–Crippen MR) is 181 cm³/mol. The van der Waals surface area contributed by atoms with Crippen LogP contribution in [0.2, 0.25) is 10.0 Å². The number of amides is 2. The highest BCUT2D eigenvalue weighted by molar-refractivity contribution is 7.92. The number of aryl methyl sites for hydroxylation is 1. The maximum Gasteiger partial charge on any atom is 0.264 e. The van der Waals surface area contributed by atoms with Gasteiger partial charge in [-0.05, 0) is 75.2 Å². The number of anilines is 1. The van der Waals surface area contributed by atoms with Gasteiger partial charge in [0.15, 0.2) is 0 Å². The summed E-state index contributed by atoms with van der Waals surface area (Å²) in [4.78, 5) is 29.6. The third kappa shape index (κ3) is 8.87. The molecule has 1 atom stereocenters. The molecule has 242 valence electrons. The average Bonchev–Trinajstić information content (AvgIpc) is 2.99. The van der Waals surface area contributed by atoms with E-state index in [0.29, 0.717) is 10.6 Å². The number of hydrogen-bond donors (Lipinski definition) is 1. The summed E-state index contributed by atoms with van der Waals surface area (Å²) in [6.45, 7) is 6.32. The van der Waals surface area contributed by atoms with E-state index in [1.165, 1.54) is 41.3 Å². The van der Waals surface area contributed by atoms with Crippen LogP contribution in [0.3, 0.4) is 0 Å². The Morgan fingerprint density at radius 1 is 0.891 bits per heavy atom. The Bertz CT molecular complexity index is 1800. The van der Waals surface area contributed by atoms with Gasteiger partial charge >= 0.3 is 0 Å². The van der Waals surface area contributed by atoms with Gasteiger partial charge in [0, 0.05) is 28.5 Å². The molecule has 4 aromatic rings. The monoisotopic (exact) mass is 683 g/mol. The van der Waals surface area contributed by atoms with Crippen LogP contribution >= 0.6 is 23.2 Å². The van der Waals surface area contributed by atoms with Crippen LogP contribution in [0.25, 0.3) is 0 Å². The van der Waals surface area contributed by atoms with Gasteiger partial charge in [-0.25, -0.2) is 12.8 Å².